The minimum absolute atomic E-state index is 0.00759. The van der Waals surface area contributed by atoms with Gasteiger partial charge < -0.3 is 4.90 Å². The Morgan fingerprint density at radius 1 is 0.972 bits per heavy atom. The predicted molar refractivity (Wildman–Crippen MR) is 159 cm³/mol. The van der Waals surface area contributed by atoms with Crippen molar-refractivity contribution in [3.63, 3.8) is 0 Å². The zero-order valence-electron chi connectivity index (χ0n) is 22.1. The van der Waals surface area contributed by atoms with Crippen LogP contribution in [0.15, 0.2) is 81.8 Å². The van der Waals surface area contributed by atoms with Crippen molar-refractivity contribution in [2.24, 2.45) is 0 Å². The molecule has 2 nitrogen and oxygen atoms in total. The van der Waals surface area contributed by atoms with E-state index in [1.54, 1.807) is 0 Å². The second-order valence-electron chi connectivity index (χ2n) is 11.6. The van der Waals surface area contributed by atoms with Gasteiger partial charge in [-0.05, 0) is 69.4 Å². The van der Waals surface area contributed by atoms with E-state index in [0.717, 1.165) is 24.3 Å². The van der Waals surface area contributed by atoms with Gasteiger partial charge >= 0.3 is 0 Å². The van der Waals surface area contributed by atoms with Crippen LogP contribution in [0.3, 0.4) is 0 Å². The summed E-state index contributed by atoms with van der Waals surface area (Å²) in [4.78, 5) is 3.95. The Morgan fingerprint density at radius 2 is 1.69 bits per heavy atom. The lowest BCUT2D eigenvalue weighted by atomic mass is 10.0. The van der Waals surface area contributed by atoms with Crippen LogP contribution in [-0.2, 0) is 5.54 Å². The molecule has 36 heavy (non-hydrogen) atoms. The predicted octanol–water partition coefficient (Wildman–Crippen LogP) is 9.30. The number of hydrogen-bond donors (Lipinski definition) is 0. The average Bonchev–Trinajstić information content (AvgIpc) is 3.48. The molecular weight excluding hydrogens is 500 g/mol. The lowest BCUT2D eigenvalue weighted by Gasteiger charge is -2.38. The topological polar surface area (TPSA) is 7.12 Å². The van der Waals surface area contributed by atoms with E-state index in [1.807, 2.05) is 23.1 Å². The average molecular weight is 536 g/mol. The van der Waals surface area contributed by atoms with Crippen LogP contribution in [0.1, 0.15) is 65.8 Å². The number of rotatable bonds is 4. The van der Waals surface area contributed by atoms with Gasteiger partial charge in [0.1, 0.15) is 4.70 Å². The maximum Gasteiger partial charge on any atom is 0.263 e. The summed E-state index contributed by atoms with van der Waals surface area (Å²) in [6.07, 6.45) is 9.91. The summed E-state index contributed by atoms with van der Waals surface area (Å²) in [5.74, 6) is 0. The first-order valence-electron chi connectivity index (χ1n) is 12.8. The van der Waals surface area contributed by atoms with Crippen molar-refractivity contribution >= 4 is 56.7 Å². The highest BCUT2D eigenvalue weighted by molar-refractivity contribution is 8.00. The molecule has 1 unspecified atom stereocenters. The van der Waals surface area contributed by atoms with E-state index in [4.69, 9.17) is 11.6 Å². The molecule has 2 aliphatic rings. The number of para-hydroxylation sites is 2. The van der Waals surface area contributed by atoms with Crippen molar-refractivity contribution < 1.29 is 4.57 Å². The summed E-state index contributed by atoms with van der Waals surface area (Å²) in [7, 11) is 0. The number of nitrogens with zero attached hydrogens (tertiary/aromatic N) is 2. The molecule has 5 heteroatoms. The number of hydrogen-bond acceptors (Lipinski definition) is 3. The standard InChI is InChI=1S/C31H36ClN2S2/c1-30(2,3)33-23-11-7-9-13-25(23)35-27(33)19-17-21-15-16-22(29(21)32)18-20-28-34(31(4,5)6)24-12-8-10-14-26(24)36-28/h7-14,17-19,28H,15-16,20H2,1-6H3/q+1. The molecule has 0 saturated carbocycles. The third kappa shape index (κ3) is 4.92. The van der Waals surface area contributed by atoms with Crippen molar-refractivity contribution in [1.82, 2.24) is 0 Å². The monoisotopic (exact) mass is 535 g/mol. The molecule has 0 fully saturated rings. The fraction of sp³-hybridized carbons (Fsp3) is 0.387. The normalized spacial score (nSPS) is 19.9. The third-order valence-electron chi connectivity index (χ3n) is 6.83. The van der Waals surface area contributed by atoms with E-state index in [2.05, 4.69) is 118 Å². The van der Waals surface area contributed by atoms with E-state index in [0.29, 0.717) is 5.37 Å². The second kappa shape index (κ2) is 9.70. The van der Waals surface area contributed by atoms with Gasteiger partial charge in [0.05, 0.1) is 11.1 Å². The quantitative estimate of drug-likeness (QED) is 0.307. The lowest BCUT2D eigenvalue weighted by molar-refractivity contribution is -0.728. The largest absolute Gasteiger partial charge is 0.353 e. The van der Waals surface area contributed by atoms with E-state index >= 15 is 0 Å². The number of fused-ring (bicyclic) bond motifs is 2. The molecule has 0 amide bonds. The first-order chi connectivity index (χ1) is 17.0. The highest BCUT2D eigenvalue weighted by atomic mass is 35.5. The van der Waals surface area contributed by atoms with Gasteiger partial charge in [-0.15, -0.1) is 0 Å². The number of anilines is 1. The van der Waals surface area contributed by atoms with Crippen LogP contribution in [-0.4, -0.2) is 10.9 Å². The molecule has 1 aliphatic carbocycles. The zero-order chi connectivity index (χ0) is 25.7. The number of halogens is 1. The van der Waals surface area contributed by atoms with Crippen molar-refractivity contribution in [3.05, 3.63) is 81.9 Å². The molecule has 1 atom stereocenters. The first kappa shape index (κ1) is 25.6. The van der Waals surface area contributed by atoms with Gasteiger partial charge in [-0.1, -0.05) is 71.1 Å². The van der Waals surface area contributed by atoms with Crippen LogP contribution in [0.25, 0.3) is 16.3 Å². The Hall–Kier alpha value is -2.01. The molecule has 0 saturated heterocycles. The van der Waals surface area contributed by atoms with E-state index in [-0.39, 0.29) is 11.1 Å². The smallest absolute Gasteiger partial charge is 0.263 e. The van der Waals surface area contributed by atoms with Crippen molar-refractivity contribution in [2.45, 2.75) is 82.2 Å². The Kier molecular flexibility index (Phi) is 6.91. The number of thioether (sulfide) groups is 1. The molecule has 0 radical (unpaired) electrons. The van der Waals surface area contributed by atoms with Gasteiger partial charge in [0.15, 0.2) is 5.54 Å². The fourth-order valence-corrected chi connectivity index (χ4v) is 8.35. The first-order valence-corrected chi connectivity index (χ1v) is 14.9. The van der Waals surface area contributed by atoms with Gasteiger partial charge in [0.25, 0.3) is 5.01 Å². The molecule has 0 bridgehead atoms. The summed E-state index contributed by atoms with van der Waals surface area (Å²) >= 11 is 10.8. The van der Waals surface area contributed by atoms with Crippen LogP contribution in [0.4, 0.5) is 5.69 Å². The van der Waals surface area contributed by atoms with Gasteiger partial charge in [0, 0.05) is 48.4 Å². The second-order valence-corrected chi connectivity index (χ2v) is 14.3. The van der Waals surface area contributed by atoms with Gasteiger partial charge in [0.2, 0.25) is 5.52 Å². The molecule has 1 aliphatic heterocycles. The number of thiazole rings is 1. The summed E-state index contributed by atoms with van der Waals surface area (Å²) in [5, 5.41) is 2.60. The number of allylic oxidation sites excluding steroid dienone is 4. The van der Waals surface area contributed by atoms with Crippen molar-refractivity contribution in [3.8, 4) is 0 Å². The number of benzene rings is 2. The Labute approximate surface area is 229 Å². The van der Waals surface area contributed by atoms with E-state index in [1.165, 1.54) is 37.0 Å². The molecule has 0 spiro atoms. The summed E-state index contributed by atoms with van der Waals surface area (Å²) < 4.78 is 3.76. The highest BCUT2D eigenvalue weighted by Gasteiger charge is 2.36. The molecule has 5 rings (SSSR count). The molecule has 2 aromatic carbocycles. The Bertz CT molecular complexity index is 1380. The molecule has 2 heterocycles. The van der Waals surface area contributed by atoms with Crippen LogP contribution >= 0.6 is 34.7 Å². The summed E-state index contributed by atoms with van der Waals surface area (Å²) in [6.45, 7) is 13.7. The lowest BCUT2D eigenvalue weighted by Crippen LogP contribution is -2.51. The summed E-state index contributed by atoms with van der Waals surface area (Å²) in [6, 6.07) is 17.5. The van der Waals surface area contributed by atoms with Gasteiger partial charge in [-0.3, -0.25) is 0 Å². The van der Waals surface area contributed by atoms with Gasteiger partial charge in [-0.25, -0.2) is 0 Å². The van der Waals surface area contributed by atoms with Crippen LogP contribution in [0.5, 0.6) is 0 Å². The zero-order valence-corrected chi connectivity index (χ0v) is 24.5. The third-order valence-corrected chi connectivity index (χ3v) is 9.68. The maximum atomic E-state index is 6.96. The Balaban J connectivity index is 1.38. The Morgan fingerprint density at radius 3 is 2.44 bits per heavy atom. The minimum Gasteiger partial charge on any atom is -0.353 e. The fourth-order valence-electron chi connectivity index (χ4n) is 5.32. The van der Waals surface area contributed by atoms with Crippen LogP contribution in [0, 0.1) is 0 Å². The van der Waals surface area contributed by atoms with E-state index in [9.17, 15) is 0 Å². The SMILES string of the molecule is CC(C)(C)N1c2ccccc2SC1CC=C1CCC(C=Cc2sc3ccccc3[n+]2C(C)(C)C)=C1Cl. The highest BCUT2D eigenvalue weighted by Crippen LogP contribution is 2.48. The minimum atomic E-state index is 0.00759. The van der Waals surface area contributed by atoms with Crippen molar-refractivity contribution in [1.29, 1.82) is 0 Å². The molecular formula is C31H36ClN2S2+. The van der Waals surface area contributed by atoms with Crippen LogP contribution < -0.4 is 9.47 Å². The molecule has 0 N–H and O–H groups in total. The van der Waals surface area contributed by atoms with Crippen LogP contribution in [0.2, 0.25) is 0 Å². The molecule has 3 aromatic rings. The van der Waals surface area contributed by atoms with E-state index < -0.39 is 0 Å². The molecule has 188 valence electrons. The van der Waals surface area contributed by atoms with Crippen molar-refractivity contribution in [2.75, 3.05) is 4.90 Å². The molecule has 1 aromatic heterocycles. The van der Waals surface area contributed by atoms with Gasteiger partial charge in [-0.2, -0.15) is 4.57 Å². The summed E-state index contributed by atoms with van der Waals surface area (Å²) in [5.41, 5.74) is 5.26. The number of aromatic nitrogens is 1. The maximum absolute atomic E-state index is 6.96.